The van der Waals surface area contributed by atoms with Crippen LogP contribution in [0.15, 0.2) is 41.2 Å². The van der Waals surface area contributed by atoms with Crippen molar-refractivity contribution in [3.8, 4) is 0 Å². The summed E-state index contributed by atoms with van der Waals surface area (Å²) in [7, 11) is 0. The van der Waals surface area contributed by atoms with Gasteiger partial charge in [-0.1, -0.05) is 6.07 Å². The highest BCUT2D eigenvalue weighted by Gasteiger charge is 2.13. The van der Waals surface area contributed by atoms with Crippen LogP contribution in [0.25, 0.3) is 21.8 Å². The van der Waals surface area contributed by atoms with Crippen molar-refractivity contribution in [3.63, 3.8) is 0 Å². The Morgan fingerprint density at radius 1 is 0.952 bits per heavy atom. The molecule has 0 amide bonds. The maximum atomic E-state index is 12.4. The zero-order valence-electron chi connectivity index (χ0n) is 10.6. The van der Waals surface area contributed by atoms with Gasteiger partial charge in [-0.15, -0.1) is 0 Å². The second kappa shape index (κ2) is 4.45. The average molecular weight is 283 g/mol. The highest BCUT2D eigenvalue weighted by Crippen LogP contribution is 2.19. The quantitative estimate of drug-likeness (QED) is 0.624. The fraction of sp³-hybridized carbons (Fsp3) is 0. The predicted octanol–water partition coefficient (Wildman–Crippen LogP) is 2.08. The number of aromatic carboxylic acids is 2. The molecule has 1 heterocycles. The monoisotopic (exact) mass is 283 g/mol. The van der Waals surface area contributed by atoms with E-state index in [0.29, 0.717) is 10.9 Å². The van der Waals surface area contributed by atoms with E-state index in [2.05, 4.69) is 4.98 Å². The molecule has 3 N–H and O–H groups in total. The molecule has 0 aliphatic rings. The van der Waals surface area contributed by atoms with E-state index in [9.17, 15) is 19.5 Å². The number of para-hydroxylation sites is 1. The van der Waals surface area contributed by atoms with E-state index in [1.807, 2.05) is 0 Å². The fourth-order valence-corrected chi connectivity index (χ4v) is 2.31. The summed E-state index contributed by atoms with van der Waals surface area (Å²) in [4.78, 5) is 37.4. The number of carbonyl (C=O) groups is 2. The van der Waals surface area contributed by atoms with Crippen LogP contribution in [0, 0.1) is 0 Å². The van der Waals surface area contributed by atoms with Crippen molar-refractivity contribution in [1.29, 1.82) is 0 Å². The van der Waals surface area contributed by atoms with Gasteiger partial charge in [0.1, 0.15) is 0 Å². The number of pyridine rings is 1. The Morgan fingerprint density at radius 2 is 1.71 bits per heavy atom. The molecular weight excluding hydrogens is 274 g/mol. The molecule has 0 aliphatic heterocycles. The van der Waals surface area contributed by atoms with Gasteiger partial charge < -0.3 is 15.2 Å². The van der Waals surface area contributed by atoms with Gasteiger partial charge in [-0.2, -0.15) is 0 Å². The van der Waals surface area contributed by atoms with Crippen LogP contribution in [-0.2, 0) is 0 Å². The fourth-order valence-electron chi connectivity index (χ4n) is 2.31. The van der Waals surface area contributed by atoms with E-state index in [0.717, 1.165) is 0 Å². The van der Waals surface area contributed by atoms with Gasteiger partial charge in [0.2, 0.25) is 0 Å². The lowest BCUT2D eigenvalue weighted by Gasteiger charge is -2.06. The van der Waals surface area contributed by atoms with Crippen molar-refractivity contribution in [2.24, 2.45) is 0 Å². The van der Waals surface area contributed by atoms with Gasteiger partial charge in [-0.3, -0.25) is 4.79 Å². The molecule has 0 bridgehead atoms. The number of rotatable bonds is 2. The molecule has 21 heavy (non-hydrogen) atoms. The van der Waals surface area contributed by atoms with E-state index in [4.69, 9.17) is 5.11 Å². The van der Waals surface area contributed by atoms with Crippen LogP contribution in [0.5, 0.6) is 0 Å². The third-order valence-corrected chi connectivity index (χ3v) is 3.31. The third-order valence-electron chi connectivity index (χ3n) is 3.31. The average Bonchev–Trinajstić information content (AvgIpc) is 2.46. The summed E-state index contributed by atoms with van der Waals surface area (Å²) in [5.41, 5.74) is 0.127. The Bertz CT molecular complexity index is 971. The Balaban J connectivity index is 2.50. The minimum atomic E-state index is -1.16. The first-order valence-corrected chi connectivity index (χ1v) is 6.04. The van der Waals surface area contributed by atoms with E-state index < -0.39 is 11.9 Å². The van der Waals surface area contributed by atoms with Crippen molar-refractivity contribution in [2.45, 2.75) is 0 Å². The number of carboxylic acid groups (broad SMARTS) is 2. The Morgan fingerprint density at radius 3 is 2.38 bits per heavy atom. The molecule has 104 valence electrons. The van der Waals surface area contributed by atoms with Gasteiger partial charge in [-0.25, -0.2) is 9.59 Å². The number of hydrogen-bond acceptors (Lipinski definition) is 3. The van der Waals surface area contributed by atoms with Gasteiger partial charge >= 0.3 is 11.9 Å². The first kappa shape index (κ1) is 12.9. The molecule has 0 saturated carbocycles. The molecule has 3 rings (SSSR count). The second-order valence-electron chi connectivity index (χ2n) is 4.55. The Labute approximate surface area is 117 Å². The Hall–Kier alpha value is -3.15. The van der Waals surface area contributed by atoms with E-state index in [1.54, 1.807) is 0 Å². The molecule has 0 radical (unpaired) electrons. The summed E-state index contributed by atoms with van der Waals surface area (Å²) in [5.74, 6) is -2.28. The zero-order chi connectivity index (χ0) is 15.1. The number of fused-ring (bicyclic) bond motifs is 2. The summed E-state index contributed by atoms with van der Waals surface area (Å²) in [6.45, 7) is 0. The van der Waals surface area contributed by atoms with Gasteiger partial charge in [-0.05, 0) is 30.3 Å². The number of nitrogens with one attached hydrogen (secondary N) is 1. The molecule has 0 fully saturated rings. The molecule has 0 aliphatic carbocycles. The second-order valence-corrected chi connectivity index (χ2v) is 4.55. The summed E-state index contributed by atoms with van der Waals surface area (Å²) in [6, 6.07) is 8.49. The molecule has 6 nitrogen and oxygen atoms in total. The highest BCUT2D eigenvalue weighted by molar-refractivity contribution is 6.05. The van der Waals surface area contributed by atoms with Crippen molar-refractivity contribution in [1.82, 2.24) is 4.98 Å². The third kappa shape index (κ3) is 1.93. The molecule has 0 spiro atoms. The molecule has 1 aromatic heterocycles. The van der Waals surface area contributed by atoms with E-state index in [1.165, 1.54) is 36.4 Å². The van der Waals surface area contributed by atoms with Gasteiger partial charge in [0.05, 0.1) is 22.2 Å². The smallest absolute Gasteiger partial charge is 0.337 e. The summed E-state index contributed by atoms with van der Waals surface area (Å²) in [5, 5.41) is 18.7. The summed E-state index contributed by atoms with van der Waals surface area (Å²) < 4.78 is 0. The summed E-state index contributed by atoms with van der Waals surface area (Å²) in [6.07, 6.45) is 0. The minimum absolute atomic E-state index is 0.0188. The molecule has 3 aromatic rings. The van der Waals surface area contributed by atoms with Gasteiger partial charge in [0, 0.05) is 10.8 Å². The van der Waals surface area contributed by atoms with Crippen LogP contribution < -0.4 is 5.43 Å². The van der Waals surface area contributed by atoms with Crippen molar-refractivity contribution in [3.05, 3.63) is 57.7 Å². The number of benzene rings is 2. The van der Waals surface area contributed by atoms with Crippen LogP contribution in [0.3, 0.4) is 0 Å². The number of aromatic nitrogens is 1. The van der Waals surface area contributed by atoms with E-state index >= 15 is 0 Å². The maximum absolute atomic E-state index is 12.4. The Kier molecular flexibility index (Phi) is 2.72. The highest BCUT2D eigenvalue weighted by atomic mass is 16.4. The van der Waals surface area contributed by atoms with Gasteiger partial charge in [0.25, 0.3) is 0 Å². The summed E-state index contributed by atoms with van der Waals surface area (Å²) >= 11 is 0. The number of carboxylic acids is 2. The largest absolute Gasteiger partial charge is 0.478 e. The normalized spacial score (nSPS) is 10.9. The van der Waals surface area contributed by atoms with E-state index in [-0.39, 0.29) is 27.5 Å². The molecule has 0 unspecified atom stereocenters. The van der Waals surface area contributed by atoms with Crippen LogP contribution >= 0.6 is 0 Å². The van der Waals surface area contributed by atoms with Crippen LogP contribution in [0.4, 0.5) is 0 Å². The number of hydrogen-bond donors (Lipinski definition) is 3. The maximum Gasteiger partial charge on any atom is 0.337 e. The van der Waals surface area contributed by atoms with Gasteiger partial charge in [0.15, 0.2) is 5.43 Å². The SMILES string of the molecule is O=C(O)c1ccc2c(=O)c3cccc(C(=O)O)c3[nH]c2c1. The molecule has 0 atom stereocenters. The number of H-pyrrole nitrogens is 1. The first-order chi connectivity index (χ1) is 9.99. The zero-order valence-corrected chi connectivity index (χ0v) is 10.6. The molecule has 2 aromatic carbocycles. The van der Waals surface area contributed by atoms with Crippen molar-refractivity contribution < 1.29 is 19.8 Å². The lowest BCUT2D eigenvalue weighted by Crippen LogP contribution is -2.08. The minimum Gasteiger partial charge on any atom is -0.478 e. The topological polar surface area (TPSA) is 107 Å². The molecule has 6 heteroatoms. The standard InChI is InChI=1S/C15H9NO5/c17-13-8-5-4-7(14(18)19)6-11(8)16-12-9(13)2-1-3-10(12)15(20)21/h1-6H,(H,16,17)(H,18,19)(H,20,21). The van der Waals surface area contributed by atoms with Crippen LogP contribution in [0.2, 0.25) is 0 Å². The first-order valence-electron chi connectivity index (χ1n) is 6.04. The predicted molar refractivity (Wildman–Crippen MR) is 76.0 cm³/mol. The molecule has 0 saturated heterocycles. The van der Waals surface area contributed by atoms with Crippen molar-refractivity contribution in [2.75, 3.05) is 0 Å². The lowest BCUT2D eigenvalue weighted by atomic mass is 10.0. The number of aromatic amines is 1. The van der Waals surface area contributed by atoms with Crippen LogP contribution in [-0.4, -0.2) is 27.1 Å². The van der Waals surface area contributed by atoms with Crippen LogP contribution in [0.1, 0.15) is 20.7 Å². The molecular formula is C15H9NO5. The lowest BCUT2D eigenvalue weighted by molar-refractivity contribution is 0.0687. The van der Waals surface area contributed by atoms with Crippen molar-refractivity contribution >= 4 is 33.7 Å².